The number of aromatic carboxylic acids is 1. The van der Waals surface area contributed by atoms with Gasteiger partial charge in [0, 0.05) is 23.5 Å². The molecule has 4 aromatic rings. The molecule has 0 spiro atoms. The van der Waals surface area contributed by atoms with Crippen LogP contribution in [0.4, 0.5) is 0 Å². The van der Waals surface area contributed by atoms with E-state index in [0.717, 1.165) is 16.8 Å². The average molecular weight is 355 g/mol. The number of hydrogen-bond donors (Lipinski definition) is 1. The number of aryl methyl sites for hydroxylation is 1. The molecule has 0 amide bonds. The molecule has 1 N–H and O–H groups in total. The third kappa shape index (κ3) is 3.11. The third-order valence-corrected chi connectivity index (χ3v) is 4.33. The molecule has 2 aromatic heterocycles. The van der Waals surface area contributed by atoms with Crippen molar-refractivity contribution in [3.05, 3.63) is 90.3 Å². The molecule has 2 heterocycles. The van der Waals surface area contributed by atoms with E-state index in [1.165, 1.54) is 0 Å². The second-order valence-electron chi connectivity index (χ2n) is 6.24. The lowest BCUT2D eigenvalue weighted by Gasteiger charge is -2.09. The molecule has 5 nitrogen and oxygen atoms in total. The number of pyridine rings is 1. The Bertz CT molecular complexity index is 1100. The summed E-state index contributed by atoms with van der Waals surface area (Å²) in [5.41, 5.74) is 4.45. The summed E-state index contributed by atoms with van der Waals surface area (Å²) < 4.78 is 1.70. The van der Waals surface area contributed by atoms with Crippen molar-refractivity contribution in [2.45, 2.75) is 6.92 Å². The molecule has 0 bridgehead atoms. The van der Waals surface area contributed by atoms with Crippen LogP contribution in [0.15, 0.2) is 79.1 Å². The Hall–Kier alpha value is -3.73. The van der Waals surface area contributed by atoms with Crippen LogP contribution >= 0.6 is 0 Å². The van der Waals surface area contributed by atoms with Gasteiger partial charge in [-0.1, -0.05) is 42.5 Å². The van der Waals surface area contributed by atoms with Crippen molar-refractivity contribution in [1.82, 2.24) is 14.8 Å². The van der Waals surface area contributed by atoms with Crippen LogP contribution in [0.1, 0.15) is 15.9 Å². The minimum absolute atomic E-state index is 0.163. The summed E-state index contributed by atoms with van der Waals surface area (Å²) in [5.74, 6) is -1.02. The minimum atomic E-state index is -1.02. The highest BCUT2D eigenvalue weighted by Crippen LogP contribution is 2.34. The van der Waals surface area contributed by atoms with E-state index in [9.17, 15) is 9.90 Å². The fourth-order valence-electron chi connectivity index (χ4n) is 3.13. The fraction of sp³-hybridized carbons (Fsp3) is 0.0455. The molecule has 0 fully saturated rings. The number of carboxylic acids is 1. The molecule has 0 saturated carbocycles. The van der Waals surface area contributed by atoms with E-state index < -0.39 is 5.97 Å². The van der Waals surface area contributed by atoms with Gasteiger partial charge in [-0.3, -0.25) is 4.98 Å². The van der Waals surface area contributed by atoms with Gasteiger partial charge < -0.3 is 5.11 Å². The van der Waals surface area contributed by atoms with Gasteiger partial charge in [0.05, 0.1) is 11.4 Å². The summed E-state index contributed by atoms with van der Waals surface area (Å²) in [4.78, 5) is 16.3. The first-order valence-corrected chi connectivity index (χ1v) is 8.54. The van der Waals surface area contributed by atoms with E-state index >= 15 is 0 Å². The molecule has 132 valence electrons. The minimum Gasteiger partial charge on any atom is -0.478 e. The lowest BCUT2D eigenvalue weighted by molar-refractivity contribution is 0.0698. The summed E-state index contributed by atoms with van der Waals surface area (Å²) in [7, 11) is 0. The molecule has 4 rings (SSSR count). The predicted octanol–water partition coefficient (Wildman–Crippen LogP) is 4.61. The van der Waals surface area contributed by atoms with Crippen LogP contribution in [0.3, 0.4) is 0 Å². The van der Waals surface area contributed by atoms with E-state index in [1.807, 2.05) is 67.6 Å². The van der Waals surface area contributed by atoms with E-state index in [0.29, 0.717) is 17.0 Å². The number of aromatic nitrogens is 3. The number of carbonyl (C=O) groups is 1. The second-order valence-corrected chi connectivity index (χ2v) is 6.24. The second kappa shape index (κ2) is 6.88. The summed E-state index contributed by atoms with van der Waals surface area (Å²) in [5, 5.41) is 14.7. The molecule has 5 heteroatoms. The zero-order chi connectivity index (χ0) is 18.8. The Labute approximate surface area is 156 Å². The van der Waals surface area contributed by atoms with Gasteiger partial charge in [-0.2, -0.15) is 5.10 Å². The van der Waals surface area contributed by atoms with Crippen molar-refractivity contribution in [1.29, 1.82) is 0 Å². The quantitative estimate of drug-likeness (QED) is 0.580. The maximum Gasteiger partial charge on any atom is 0.340 e. The Morgan fingerprint density at radius 3 is 2.41 bits per heavy atom. The van der Waals surface area contributed by atoms with Gasteiger partial charge in [-0.05, 0) is 36.8 Å². The maximum absolute atomic E-state index is 12.2. The van der Waals surface area contributed by atoms with Crippen molar-refractivity contribution in [3.8, 4) is 28.2 Å². The van der Waals surface area contributed by atoms with Crippen LogP contribution in [0.5, 0.6) is 0 Å². The van der Waals surface area contributed by atoms with Crippen molar-refractivity contribution in [2.75, 3.05) is 0 Å². The first-order chi connectivity index (χ1) is 13.1. The van der Waals surface area contributed by atoms with E-state index in [2.05, 4.69) is 10.1 Å². The van der Waals surface area contributed by atoms with Gasteiger partial charge in [-0.15, -0.1) is 0 Å². The smallest absolute Gasteiger partial charge is 0.340 e. The van der Waals surface area contributed by atoms with Gasteiger partial charge >= 0.3 is 5.97 Å². The van der Waals surface area contributed by atoms with Crippen molar-refractivity contribution in [2.24, 2.45) is 0 Å². The van der Waals surface area contributed by atoms with Gasteiger partial charge in [-0.25, -0.2) is 9.48 Å². The van der Waals surface area contributed by atoms with Crippen molar-refractivity contribution in [3.63, 3.8) is 0 Å². The van der Waals surface area contributed by atoms with Crippen molar-refractivity contribution >= 4 is 5.97 Å². The van der Waals surface area contributed by atoms with Gasteiger partial charge in [0.25, 0.3) is 0 Å². The monoisotopic (exact) mass is 355 g/mol. The first-order valence-electron chi connectivity index (χ1n) is 8.54. The van der Waals surface area contributed by atoms with Crippen LogP contribution in [0.25, 0.3) is 28.2 Å². The summed E-state index contributed by atoms with van der Waals surface area (Å²) in [6.07, 6.45) is 3.28. The maximum atomic E-state index is 12.2. The normalized spacial score (nSPS) is 10.7. The molecular weight excluding hydrogens is 338 g/mol. The highest BCUT2D eigenvalue weighted by atomic mass is 16.4. The highest BCUT2D eigenvalue weighted by Gasteiger charge is 2.26. The number of benzene rings is 2. The molecule has 0 aliphatic heterocycles. The zero-order valence-corrected chi connectivity index (χ0v) is 14.7. The van der Waals surface area contributed by atoms with Gasteiger partial charge in [0.1, 0.15) is 11.3 Å². The molecule has 0 radical (unpaired) electrons. The van der Waals surface area contributed by atoms with E-state index in [1.54, 1.807) is 23.1 Å². The van der Waals surface area contributed by atoms with Gasteiger partial charge in [0.15, 0.2) is 0 Å². The van der Waals surface area contributed by atoms with Crippen LogP contribution in [-0.4, -0.2) is 25.8 Å². The standard InChI is InChI=1S/C22H17N3O2/c1-15-7-5-11-18(13-15)25-21(16-8-3-2-4-9-16)19(22(26)27)20(24-25)17-10-6-12-23-14-17/h2-14H,1H3,(H,26,27). The van der Waals surface area contributed by atoms with E-state index in [4.69, 9.17) is 0 Å². The first kappa shape index (κ1) is 16.7. The summed E-state index contributed by atoms with van der Waals surface area (Å²) >= 11 is 0. The van der Waals surface area contributed by atoms with Crippen LogP contribution < -0.4 is 0 Å². The molecule has 0 unspecified atom stereocenters. The molecule has 27 heavy (non-hydrogen) atoms. The van der Waals surface area contributed by atoms with Crippen LogP contribution in [0, 0.1) is 6.92 Å². The number of hydrogen-bond acceptors (Lipinski definition) is 3. The average Bonchev–Trinajstić information content (AvgIpc) is 3.10. The fourth-order valence-corrected chi connectivity index (χ4v) is 3.13. The predicted molar refractivity (Wildman–Crippen MR) is 104 cm³/mol. The van der Waals surface area contributed by atoms with Crippen LogP contribution in [0.2, 0.25) is 0 Å². The molecule has 0 aliphatic carbocycles. The van der Waals surface area contributed by atoms with Crippen molar-refractivity contribution < 1.29 is 9.90 Å². The highest BCUT2D eigenvalue weighted by molar-refractivity contribution is 6.01. The Kier molecular flexibility index (Phi) is 4.26. The molecule has 0 aliphatic rings. The molecule has 0 atom stereocenters. The lowest BCUT2D eigenvalue weighted by atomic mass is 10.0. The molecule has 0 saturated heterocycles. The summed E-state index contributed by atoms with van der Waals surface area (Å²) in [6.45, 7) is 2.00. The Balaban J connectivity index is 2.07. The number of rotatable bonds is 4. The topological polar surface area (TPSA) is 68.0 Å². The number of carboxylic acid groups (broad SMARTS) is 1. The zero-order valence-electron chi connectivity index (χ0n) is 14.7. The lowest BCUT2D eigenvalue weighted by Crippen LogP contribution is -2.03. The van der Waals surface area contributed by atoms with Crippen LogP contribution in [-0.2, 0) is 0 Å². The molecule has 2 aromatic carbocycles. The largest absolute Gasteiger partial charge is 0.478 e. The SMILES string of the molecule is Cc1cccc(-n2nc(-c3cccnc3)c(C(=O)O)c2-c2ccccc2)c1. The third-order valence-electron chi connectivity index (χ3n) is 4.33. The Morgan fingerprint density at radius 2 is 1.74 bits per heavy atom. The van der Waals surface area contributed by atoms with Gasteiger partial charge in [0.2, 0.25) is 0 Å². The summed E-state index contributed by atoms with van der Waals surface area (Å²) in [6, 6.07) is 20.9. The molecular formula is C22H17N3O2. The number of nitrogens with zero attached hydrogens (tertiary/aromatic N) is 3. The Morgan fingerprint density at radius 1 is 0.963 bits per heavy atom. The van der Waals surface area contributed by atoms with E-state index in [-0.39, 0.29) is 5.56 Å².